The lowest BCUT2D eigenvalue weighted by molar-refractivity contribution is -0.701. The molecular formula is C27H49N2O2+. The topological polar surface area (TPSA) is 56.2 Å². The number of nitrogens with zero attached hydrogens (tertiary/aromatic N) is 1. The Morgan fingerprint density at radius 2 is 1.39 bits per heavy atom. The molecule has 0 aromatic carbocycles. The number of ether oxygens (including phenoxy) is 1. The molecule has 4 heteroatoms. The van der Waals surface area contributed by atoms with Gasteiger partial charge in [-0.3, -0.25) is 4.79 Å². The van der Waals surface area contributed by atoms with Crippen LogP contribution in [0.2, 0.25) is 0 Å². The molecule has 0 aliphatic carbocycles. The molecule has 0 saturated carbocycles. The number of carbonyl (C=O) groups excluding carboxylic acids is 1. The number of pyridine rings is 1. The van der Waals surface area contributed by atoms with Crippen LogP contribution in [0.3, 0.4) is 0 Å². The van der Waals surface area contributed by atoms with Crippen LogP contribution in [0.5, 0.6) is 0 Å². The van der Waals surface area contributed by atoms with Gasteiger partial charge in [-0.15, -0.1) is 0 Å². The van der Waals surface area contributed by atoms with Crippen molar-refractivity contribution in [3.8, 4) is 0 Å². The van der Waals surface area contributed by atoms with Gasteiger partial charge in [0.15, 0.2) is 18.4 Å². The number of hydrogen-bond acceptors (Lipinski definition) is 3. The Bertz CT molecular complexity index is 548. The van der Waals surface area contributed by atoms with E-state index in [2.05, 4.69) is 17.6 Å². The van der Waals surface area contributed by atoms with Crippen LogP contribution in [0.4, 0.5) is 0 Å². The van der Waals surface area contributed by atoms with Crippen molar-refractivity contribution >= 4 is 5.97 Å². The number of hydrogen-bond donors (Lipinski definition) is 1. The zero-order chi connectivity index (χ0) is 22.4. The van der Waals surface area contributed by atoms with Crippen LogP contribution in [0.15, 0.2) is 24.4 Å². The van der Waals surface area contributed by atoms with E-state index < -0.39 is 0 Å². The summed E-state index contributed by atoms with van der Waals surface area (Å²) < 4.78 is 7.54. The minimum atomic E-state index is -0.0593. The average molecular weight is 434 g/mol. The molecule has 0 fully saturated rings. The van der Waals surface area contributed by atoms with Gasteiger partial charge in [0.25, 0.3) is 0 Å². The molecule has 0 bridgehead atoms. The molecule has 1 heterocycles. The summed E-state index contributed by atoms with van der Waals surface area (Å²) in [6, 6.07) is 6.08. The highest BCUT2D eigenvalue weighted by molar-refractivity contribution is 5.69. The summed E-state index contributed by atoms with van der Waals surface area (Å²) in [5, 5.41) is 0. The number of unbranched alkanes of at least 4 members (excludes halogenated alkanes) is 14. The maximum Gasteiger partial charge on any atom is 0.305 e. The van der Waals surface area contributed by atoms with Gasteiger partial charge in [0.2, 0.25) is 0 Å². The molecule has 178 valence electrons. The number of aromatic nitrogens is 1. The molecule has 0 radical (unpaired) electrons. The SMILES string of the molecule is CCCCCCCCCCCCCCCCCC(=O)OCCc1cccc[n+]1CCN. The van der Waals surface area contributed by atoms with E-state index in [1.54, 1.807) is 0 Å². The van der Waals surface area contributed by atoms with Gasteiger partial charge in [-0.25, -0.2) is 4.57 Å². The molecule has 0 saturated heterocycles. The fourth-order valence-electron chi connectivity index (χ4n) is 4.08. The number of esters is 1. The molecule has 2 N–H and O–H groups in total. The van der Waals surface area contributed by atoms with Crippen molar-refractivity contribution in [1.82, 2.24) is 0 Å². The van der Waals surface area contributed by atoms with Crippen LogP contribution in [0, 0.1) is 0 Å². The van der Waals surface area contributed by atoms with Crippen molar-refractivity contribution in [2.45, 2.75) is 123 Å². The molecular weight excluding hydrogens is 384 g/mol. The minimum Gasteiger partial charge on any atom is -0.465 e. The molecule has 0 aliphatic rings. The molecule has 1 rings (SSSR count). The van der Waals surface area contributed by atoms with Crippen LogP contribution >= 0.6 is 0 Å². The van der Waals surface area contributed by atoms with Crippen molar-refractivity contribution in [3.05, 3.63) is 30.1 Å². The monoisotopic (exact) mass is 433 g/mol. The van der Waals surface area contributed by atoms with Gasteiger partial charge in [-0.1, -0.05) is 103 Å². The first-order valence-corrected chi connectivity index (χ1v) is 13.1. The van der Waals surface area contributed by atoms with E-state index in [4.69, 9.17) is 10.5 Å². The molecule has 0 amide bonds. The van der Waals surface area contributed by atoms with E-state index in [0.717, 1.165) is 31.5 Å². The van der Waals surface area contributed by atoms with Crippen LogP contribution in [0.25, 0.3) is 0 Å². The van der Waals surface area contributed by atoms with E-state index in [-0.39, 0.29) is 5.97 Å². The second-order valence-electron chi connectivity index (χ2n) is 8.84. The van der Waals surface area contributed by atoms with Crippen molar-refractivity contribution in [3.63, 3.8) is 0 Å². The normalized spacial score (nSPS) is 11.0. The predicted molar refractivity (Wildman–Crippen MR) is 130 cm³/mol. The van der Waals surface area contributed by atoms with E-state index in [9.17, 15) is 4.79 Å². The Labute approximate surface area is 192 Å². The van der Waals surface area contributed by atoms with Gasteiger partial charge in [0.05, 0.1) is 13.0 Å². The fourth-order valence-corrected chi connectivity index (χ4v) is 4.08. The fraction of sp³-hybridized carbons (Fsp3) is 0.778. The predicted octanol–water partition coefficient (Wildman–Crippen LogP) is 6.28. The molecule has 4 nitrogen and oxygen atoms in total. The Morgan fingerprint density at radius 3 is 1.94 bits per heavy atom. The lowest BCUT2D eigenvalue weighted by atomic mass is 10.0. The second-order valence-corrected chi connectivity index (χ2v) is 8.84. The summed E-state index contributed by atoms with van der Waals surface area (Å²) in [7, 11) is 0. The summed E-state index contributed by atoms with van der Waals surface area (Å²) in [6.07, 6.45) is 23.4. The molecule has 0 unspecified atom stereocenters. The summed E-state index contributed by atoms with van der Waals surface area (Å²) >= 11 is 0. The van der Waals surface area contributed by atoms with Gasteiger partial charge < -0.3 is 10.5 Å². The molecule has 1 aromatic heterocycles. The maximum absolute atomic E-state index is 11.9. The van der Waals surface area contributed by atoms with Crippen molar-refractivity contribution in [1.29, 1.82) is 0 Å². The standard InChI is InChI=1S/C27H49N2O2/c1-2-3-4-5-6-7-8-9-10-11-12-13-14-15-16-20-27(30)31-25-21-26-19-17-18-23-29(26)24-22-28/h17-19,23H,2-16,20-22,24-25,28H2,1H3/q+1. The van der Waals surface area contributed by atoms with Gasteiger partial charge >= 0.3 is 5.97 Å². The lowest BCUT2D eigenvalue weighted by Crippen LogP contribution is -2.41. The van der Waals surface area contributed by atoms with Gasteiger partial charge in [-0.05, 0) is 6.42 Å². The Balaban J connectivity index is 1.87. The van der Waals surface area contributed by atoms with E-state index in [1.165, 1.54) is 83.5 Å². The maximum atomic E-state index is 11.9. The number of rotatable bonds is 21. The van der Waals surface area contributed by atoms with E-state index >= 15 is 0 Å². The van der Waals surface area contributed by atoms with E-state index in [0.29, 0.717) is 19.6 Å². The van der Waals surface area contributed by atoms with Crippen molar-refractivity contribution < 1.29 is 14.1 Å². The molecule has 0 atom stereocenters. The van der Waals surface area contributed by atoms with Crippen LogP contribution < -0.4 is 10.3 Å². The third-order valence-corrected chi connectivity index (χ3v) is 6.01. The largest absolute Gasteiger partial charge is 0.465 e. The number of nitrogens with two attached hydrogens (primary N) is 1. The van der Waals surface area contributed by atoms with Crippen LogP contribution in [0.1, 0.15) is 115 Å². The Kier molecular flexibility index (Phi) is 18.2. The summed E-state index contributed by atoms with van der Waals surface area (Å²) in [5.41, 5.74) is 6.81. The summed E-state index contributed by atoms with van der Waals surface area (Å²) in [5.74, 6) is -0.0593. The minimum absolute atomic E-state index is 0.0593. The van der Waals surface area contributed by atoms with Crippen molar-refractivity contribution in [2.24, 2.45) is 5.73 Å². The molecule has 31 heavy (non-hydrogen) atoms. The number of carbonyl (C=O) groups is 1. The highest BCUT2D eigenvalue weighted by atomic mass is 16.5. The summed E-state index contributed by atoms with van der Waals surface area (Å²) in [6.45, 7) is 4.14. The van der Waals surface area contributed by atoms with Gasteiger partial charge in [0.1, 0.15) is 6.61 Å². The van der Waals surface area contributed by atoms with Crippen molar-refractivity contribution in [2.75, 3.05) is 13.2 Å². The first kappa shape index (κ1) is 27.6. The highest BCUT2D eigenvalue weighted by Crippen LogP contribution is 2.13. The zero-order valence-electron chi connectivity index (χ0n) is 20.3. The van der Waals surface area contributed by atoms with E-state index in [1.807, 2.05) is 18.3 Å². The highest BCUT2D eigenvalue weighted by Gasteiger charge is 2.10. The zero-order valence-corrected chi connectivity index (χ0v) is 20.3. The first-order chi connectivity index (χ1) is 15.3. The summed E-state index contributed by atoms with van der Waals surface area (Å²) in [4.78, 5) is 11.9. The van der Waals surface area contributed by atoms with Crippen LogP contribution in [-0.4, -0.2) is 19.1 Å². The first-order valence-electron chi connectivity index (χ1n) is 13.1. The smallest absolute Gasteiger partial charge is 0.305 e. The Morgan fingerprint density at radius 1 is 0.839 bits per heavy atom. The molecule has 1 aromatic rings. The van der Waals surface area contributed by atoms with Gasteiger partial charge in [-0.2, -0.15) is 0 Å². The Hall–Kier alpha value is -1.42. The van der Waals surface area contributed by atoms with Crippen LogP contribution in [-0.2, 0) is 22.5 Å². The lowest BCUT2D eigenvalue weighted by Gasteiger charge is -2.06. The molecule has 0 aliphatic heterocycles. The second kappa shape index (κ2) is 20.5. The third-order valence-electron chi connectivity index (χ3n) is 6.01. The quantitative estimate of drug-likeness (QED) is 0.141. The van der Waals surface area contributed by atoms with Gasteiger partial charge in [0, 0.05) is 18.6 Å². The average Bonchev–Trinajstić information content (AvgIpc) is 2.78. The molecule has 0 spiro atoms. The third kappa shape index (κ3) is 15.9.